The molecule has 0 spiro atoms. The minimum Gasteiger partial charge on any atom is -0.497 e. The lowest BCUT2D eigenvalue weighted by Crippen LogP contribution is -2.43. The molecule has 4 N–H and O–H groups in total. The van der Waals surface area contributed by atoms with Gasteiger partial charge in [-0.2, -0.15) is 0 Å². The molecule has 0 saturated heterocycles. The maximum absolute atomic E-state index is 13.2. The van der Waals surface area contributed by atoms with Crippen LogP contribution in [0.5, 0.6) is 11.5 Å². The molecule has 7 heteroatoms. The molecular formula is C19H24F2N2O3. The van der Waals surface area contributed by atoms with Crippen LogP contribution in [0.15, 0.2) is 36.4 Å². The summed E-state index contributed by atoms with van der Waals surface area (Å²) in [4.78, 5) is 0. The lowest BCUT2D eigenvalue weighted by molar-refractivity contribution is 0.141. The van der Waals surface area contributed by atoms with Gasteiger partial charge in [0, 0.05) is 31.3 Å². The van der Waals surface area contributed by atoms with Crippen molar-refractivity contribution in [1.82, 2.24) is 5.32 Å². The fourth-order valence-electron chi connectivity index (χ4n) is 2.62. The largest absolute Gasteiger partial charge is 0.497 e. The zero-order valence-electron chi connectivity index (χ0n) is 14.8. The normalized spacial score (nSPS) is 13.3. The quantitative estimate of drug-likeness (QED) is 0.633. The Hall–Kier alpha value is -2.22. The molecule has 5 nitrogen and oxygen atoms in total. The first kappa shape index (κ1) is 20.1. The van der Waals surface area contributed by atoms with Gasteiger partial charge in [-0.1, -0.05) is 0 Å². The molecule has 0 bridgehead atoms. The van der Waals surface area contributed by atoms with Crippen molar-refractivity contribution in [3.05, 3.63) is 59.2 Å². The minimum atomic E-state index is -0.867. The number of hydrogen-bond acceptors (Lipinski definition) is 5. The highest BCUT2D eigenvalue weighted by Crippen LogP contribution is 2.22. The monoisotopic (exact) mass is 366 g/mol. The topological polar surface area (TPSA) is 76.7 Å². The van der Waals surface area contributed by atoms with Crippen LogP contribution in [0.1, 0.15) is 11.1 Å². The van der Waals surface area contributed by atoms with E-state index in [1.165, 1.54) is 12.1 Å². The van der Waals surface area contributed by atoms with Crippen LogP contribution >= 0.6 is 0 Å². The molecule has 2 aromatic carbocycles. The van der Waals surface area contributed by atoms with Gasteiger partial charge < -0.3 is 25.6 Å². The second-order valence-corrected chi connectivity index (χ2v) is 6.06. The maximum Gasteiger partial charge on any atom is 0.126 e. The summed E-state index contributed by atoms with van der Waals surface area (Å²) in [5.41, 5.74) is 7.28. The number of methoxy groups -OCH3 is 2. The summed E-state index contributed by atoms with van der Waals surface area (Å²) in [6.07, 6.45) is -0.696. The fraction of sp³-hybridized carbons (Fsp3) is 0.368. The number of aliphatic hydroxyl groups excluding tert-OH is 1. The summed E-state index contributed by atoms with van der Waals surface area (Å²) in [5.74, 6) is 0.0247. The highest BCUT2D eigenvalue weighted by molar-refractivity contribution is 5.38. The molecule has 0 aliphatic heterocycles. The molecule has 2 aromatic rings. The smallest absolute Gasteiger partial charge is 0.126 e. The highest BCUT2D eigenvalue weighted by Gasteiger charge is 2.16. The van der Waals surface area contributed by atoms with Crippen molar-refractivity contribution in [2.45, 2.75) is 25.1 Å². The van der Waals surface area contributed by atoms with Crippen molar-refractivity contribution < 1.29 is 23.4 Å². The van der Waals surface area contributed by atoms with E-state index in [4.69, 9.17) is 15.2 Å². The van der Waals surface area contributed by atoms with Crippen molar-refractivity contribution >= 4 is 0 Å². The standard InChI is InChI=1S/C19H24F2N2O3/c1-25-16-5-13(6-17(9-16)26-2)10-23-11-19(24)18(22)7-12-3-14(20)8-15(21)4-12/h3-6,8-9,18-19,23-24H,7,10-11,22H2,1-2H3/t18-,19+/m0/s1. The number of benzene rings is 2. The molecule has 0 radical (unpaired) electrons. The average Bonchev–Trinajstić information content (AvgIpc) is 2.60. The van der Waals surface area contributed by atoms with Crippen LogP contribution in [0.25, 0.3) is 0 Å². The molecular weight excluding hydrogens is 342 g/mol. The van der Waals surface area contributed by atoms with Gasteiger partial charge in [0.2, 0.25) is 0 Å². The number of aliphatic hydroxyl groups is 1. The predicted molar refractivity (Wildman–Crippen MR) is 95.3 cm³/mol. The summed E-state index contributed by atoms with van der Waals surface area (Å²) >= 11 is 0. The van der Waals surface area contributed by atoms with Crippen molar-refractivity contribution in [3.8, 4) is 11.5 Å². The molecule has 0 fully saturated rings. The molecule has 2 atom stereocenters. The summed E-state index contributed by atoms with van der Waals surface area (Å²) in [7, 11) is 3.15. The van der Waals surface area contributed by atoms with Crippen molar-refractivity contribution in [1.29, 1.82) is 0 Å². The Morgan fingerprint density at radius 2 is 1.54 bits per heavy atom. The zero-order chi connectivity index (χ0) is 19.1. The number of nitrogens with two attached hydrogens (primary N) is 1. The first-order valence-electron chi connectivity index (χ1n) is 8.22. The molecule has 2 rings (SSSR count). The SMILES string of the molecule is COc1cc(CNC[C@@H](O)[C@@H](N)Cc2cc(F)cc(F)c2)cc(OC)c1. The van der Waals surface area contributed by atoms with Crippen LogP contribution in [-0.4, -0.2) is 38.0 Å². The molecule has 26 heavy (non-hydrogen) atoms. The number of hydrogen-bond donors (Lipinski definition) is 3. The third-order valence-corrected chi connectivity index (χ3v) is 3.98. The van der Waals surface area contributed by atoms with Gasteiger partial charge in [0.25, 0.3) is 0 Å². The molecule has 0 amide bonds. The molecule has 0 aliphatic carbocycles. The van der Waals surface area contributed by atoms with E-state index in [9.17, 15) is 13.9 Å². The minimum absolute atomic E-state index is 0.171. The zero-order valence-corrected chi connectivity index (χ0v) is 14.8. The Bertz CT molecular complexity index is 685. The molecule has 0 unspecified atom stereocenters. The molecule has 0 heterocycles. The van der Waals surface area contributed by atoms with Gasteiger partial charge in [-0.25, -0.2) is 8.78 Å². The Kier molecular flexibility index (Phi) is 7.32. The van der Waals surface area contributed by atoms with E-state index in [0.717, 1.165) is 11.6 Å². The maximum atomic E-state index is 13.2. The van der Waals surface area contributed by atoms with E-state index in [2.05, 4.69) is 5.32 Å². The van der Waals surface area contributed by atoms with E-state index in [1.54, 1.807) is 20.3 Å². The fourth-order valence-corrected chi connectivity index (χ4v) is 2.62. The van der Waals surface area contributed by atoms with E-state index in [-0.39, 0.29) is 13.0 Å². The van der Waals surface area contributed by atoms with Crippen LogP contribution in [-0.2, 0) is 13.0 Å². The van der Waals surface area contributed by atoms with Crippen LogP contribution in [0.4, 0.5) is 8.78 Å². The Labute approximate surface area is 151 Å². The number of ether oxygens (including phenoxy) is 2. The molecule has 0 saturated carbocycles. The lowest BCUT2D eigenvalue weighted by atomic mass is 10.0. The average molecular weight is 366 g/mol. The first-order valence-corrected chi connectivity index (χ1v) is 8.22. The van der Waals surface area contributed by atoms with E-state index < -0.39 is 23.8 Å². The van der Waals surface area contributed by atoms with Gasteiger partial charge in [0.1, 0.15) is 23.1 Å². The van der Waals surface area contributed by atoms with Crippen LogP contribution in [0.3, 0.4) is 0 Å². The van der Waals surface area contributed by atoms with Crippen molar-refractivity contribution in [2.75, 3.05) is 20.8 Å². The molecule has 0 aromatic heterocycles. The summed E-state index contributed by atoms with van der Waals surface area (Å²) in [6.45, 7) is 0.713. The van der Waals surface area contributed by atoms with E-state index in [0.29, 0.717) is 23.6 Å². The van der Waals surface area contributed by atoms with Gasteiger partial charge in [0.15, 0.2) is 0 Å². The second kappa shape index (κ2) is 9.47. The Morgan fingerprint density at radius 3 is 2.08 bits per heavy atom. The van der Waals surface area contributed by atoms with Gasteiger partial charge in [-0.15, -0.1) is 0 Å². The van der Waals surface area contributed by atoms with E-state index in [1.807, 2.05) is 12.1 Å². The highest BCUT2D eigenvalue weighted by atomic mass is 19.1. The van der Waals surface area contributed by atoms with E-state index >= 15 is 0 Å². The molecule has 142 valence electrons. The summed E-state index contributed by atoms with van der Waals surface area (Å²) < 4.78 is 36.9. The Morgan fingerprint density at radius 1 is 0.962 bits per heavy atom. The number of halogens is 2. The van der Waals surface area contributed by atoms with Gasteiger partial charge in [-0.05, 0) is 41.8 Å². The number of nitrogens with one attached hydrogen (secondary N) is 1. The van der Waals surface area contributed by atoms with Gasteiger partial charge >= 0.3 is 0 Å². The van der Waals surface area contributed by atoms with Crippen molar-refractivity contribution in [2.24, 2.45) is 5.73 Å². The van der Waals surface area contributed by atoms with Gasteiger partial charge in [0.05, 0.1) is 20.3 Å². The third-order valence-electron chi connectivity index (χ3n) is 3.98. The second-order valence-electron chi connectivity index (χ2n) is 6.06. The summed E-state index contributed by atoms with van der Waals surface area (Å²) in [5, 5.41) is 13.3. The lowest BCUT2D eigenvalue weighted by Gasteiger charge is -2.20. The van der Waals surface area contributed by atoms with Crippen molar-refractivity contribution in [3.63, 3.8) is 0 Å². The van der Waals surface area contributed by atoms with Crippen LogP contribution in [0.2, 0.25) is 0 Å². The van der Waals surface area contributed by atoms with Gasteiger partial charge in [-0.3, -0.25) is 0 Å². The van der Waals surface area contributed by atoms with Crippen LogP contribution < -0.4 is 20.5 Å². The predicted octanol–water partition coefficient (Wildman–Crippen LogP) is 2.00. The Balaban J connectivity index is 1.87. The summed E-state index contributed by atoms with van der Waals surface area (Å²) in [6, 6.07) is 8.07. The number of rotatable bonds is 9. The van der Waals surface area contributed by atoms with Crippen LogP contribution in [0, 0.1) is 11.6 Å². The third kappa shape index (κ3) is 5.94. The molecule has 0 aliphatic rings. The first-order chi connectivity index (χ1) is 12.4.